The van der Waals surface area contributed by atoms with Gasteiger partial charge in [0.1, 0.15) is 11.5 Å². The van der Waals surface area contributed by atoms with Gasteiger partial charge in [-0.2, -0.15) is 0 Å². The van der Waals surface area contributed by atoms with Crippen LogP contribution in [0.5, 0.6) is 11.5 Å². The maximum absolute atomic E-state index is 11.9. The summed E-state index contributed by atoms with van der Waals surface area (Å²) in [7, 11) is 2.99. The molecule has 0 aliphatic rings. The molecule has 1 rings (SSSR count). The Kier molecular flexibility index (Phi) is 6.58. The summed E-state index contributed by atoms with van der Waals surface area (Å²) in [6.07, 6.45) is 0. The van der Waals surface area contributed by atoms with Crippen LogP contribution in [-0.2, 0) is 0 Å². The number of aliphatic hydroxyl groups excluding tert-OH is 1. The van der Waals surface area contributed by atoms with Gasteiger partial charge in [0.15, 0.2) is 0 Å². The molecular formula is C14H21ClN2O4. The second-order valence-electron chi connectivity index (χ2n) is 4.73. The monoisotopic (exact) mass is 316 g/mol. The van der Waals surface area contributed by atoms with Crippen molar-refractivity contribution in [3.63, 3.8) is 0 Å². The smallest absolute Gasteiger partial charge is 0.319 e. The largest absolute Gasteiger partial charge is 0.495 e. The maximum Gasteiger partial charge on any atom is 0.319 e. The molecule has 0 aromatic heterocycles. The fourth-order valence-electron chi connectivity index (χ4n) is 1.62. The van der Waals surface area contributed by atoms with E-state index in [1.807, 2.05) is 13.8 Å². The number of benzene rings is 1. The number of urea groups is 1. The van der Waals surface area contributed by atoms with Gasteiger partial charge in [-0.3, -0.25) is 0 Å². The van der Waals surface area contributed by atoms with Crippen LogP contribution in [-0.4, -0.2) is 38.0 Å². The lowest BCUT2D eigenvalue weighted by molar-refractivity contribution is 0.204. The predicted molar refractivity (Wildman–Crippen MR) is 82.4 cm³/mol. The van der Waals surface area contributed by atoms with E-state index < -0.39 is 6.03 Å². The minimum atomic E-state index is -0.401. The van der Waals surface area contributed by atoms with E-state index in [2.05, 4.69) is 10.6 Å². The molecule has 1 aromatic rings. The number of ether oxygens (including phenoxy) is 2. The van der Waals surface area contributed by atoms with E-state index in [0.29, 0.717) is 22.2 Å². The van der Waals surface area contributed by atoms with Crippen LogP contribution >= 0.6 is 11.6 Å². The topological polar surface area (TPSA) is 79.8 Å². The molecule has 0 heterocycles. The van der Waals surface area contributed by atoms with Gasteiger partial charge >= 0.3 is 6.03 Å². The van der Waals surface area contributed by atoms with Crippen LogP contribution in [0.25, 0.3) is 0 Å². The van der Waals surface area contributed by atoms with Crippen LogP contribution in [0.1, 0.15) is 13.8 Å². The number of anilines is 1. The second kappa shape index (κ2) is 7.95. The number of hydrogen-bond acceptors (Lipinski definition) is 4. The van der Waals surface area contributed by atoms with Crippen molar-refractivity contribution in [2.75, 3.05) is 26.1 Å². The Morgan fingerprint density at radius 3 is 2.43 bits per heavy atom. The van der Waals surface area contributed by atoms with Crippen LogP contribution in [0.15, 0.2) is 12.1 Å². The third kappa shape index (κ3) is 4.68. The highest BCUT2D eigenvalue weighted by molar-refractivity contribution is 6.32. The zero-order valence-corrected chi connectivity index (χ0v) is 13.3. The minimum Gasteiger partial charge on any atom is -0.495 e. The van der Waals surface area contributed by atoms with E-state index in [0.717, 1.165) is 0 Å². The van der Waals surface area contributed by atoms with E-state index in [1.54, 1.807) is 12.1 Å². The SMILES string of the molecule is COc1cc(OC)c(NC(=O)NC(C)C(C)CO)cc1Cl. The molecule has 0 radical (unpaired) electrons. The van der Waals surface area contributed by atoms with Gasteiger partial charge in [0.05, 0.1) is 24.9 Å². The van der Waals surface area contributed by atoms with Crippen molar-refractivity contribution in [1.82, 2.24) is 5.32 Å². The van der Waals surface area contributed by atoms with Gasteiger partial charge in [-0.1, -0.05) is 18.5 Å². The second-order valence-corrected chi connectivity index (χ2v) is 5.14. The molecule has 3 N–H and O–H groups in total. The zero-order valence-electron chi connectivity index (χ0n) is 12.6. The lowest BCUT2D eigenvalue weighted by Crippen LogP contribution is -2.40. The molecule has 0 bridgehead atoms. The highest BCUT2D eigenvalue weighted by Gasteiger charge is 2.16. The number of carbonyl (C=O) groups excluding carboxylic acids is 1. The fraction of sp³-hybridized carbons (Fsp3) is 0.500. The van der Waals surface area contributed by atoms with Crippen molar-refractivity contribution in [2.24, 2.45) is 5.92 Å². The molecule has 0 aliphatic carbocycles. The molecule has 0 saturated heterocycles. The van der Waals surface area contributed by atoms with E-state index in [1.165, 1.54) is 14.2 Å². The predicted octanol–water partition coefficient (Wildman–Crippen LogP) is 2.50. The van der Waals surface area contributed by atoms with Crippen LogP contribution in [0.4, 0.5) is 10.5 Å². The molecule has 2 unspecified atom stereocenters. The number of carbonyl (C=O) groups is 1. The summed E-state index contributed by atoms with van der Waals surface area (Å²) >= 11 is 6.04. The van der Waals surface area contributed by atoms with Crippen molar-refractivity contribution in [3.05, 3.63) is 17.2 Å². The minimum absolute atomic E-state index is 0.000861. The first-order chi connectivity index (χ1) is 9.92. The van der Waals surface area contributed by atoms with Crippen molar-refractivity contribution in [2.45, 2.75) is 19.9 Å². The fourth-order valence-corrected chi connectivity index (χ4v) is 1.86. The van der Waals surface area contributed by atoms with Gasteiger partial charge in [-0.25, -0.2) is 4.79 Å². The summed E-state index contributed by atoms with van der Waals surface area (Å²) in [5.41, 5.74) is 0.435. The number of nitrogens with one attached hydrogen (secondary N) is 2. The lowest BCUT2D eigenvalue weighted by Gasteiger charge is -2.20. The number of aliphatic hydroxyl groups is 1. The Morgan fingerprint density at radius 2 is 1.90 bits per heavy atom. The van der Waals surface area contributed by atoms with Gasteiger partial charge in [0.25, 0.3) is 0 Å². The molecule has 1 aromatic carbocycles. The molecule has 0 spiro atoms. The molecule has 7 heteroatoms. The van der Waals surface area contributed by atoms with Gasteiger partial charge in [0.2, 0.25) is 0 Å². The number of hydrogen-bond donors (Lipinski definition) is 3. The van der Waals surface area contributed by atoms with Gasteiger partial charge in [-0.05, 0) is 18.9 Å². The average Bonchev–Trinajstić information content (AvgIpc) is 2.46. The highest BCUT2D eigenvalue weighted by atomic mass is 35.5. The van der Waals surface area contributed by atoms with E-state index in [-0.39, 0.29) is 18.6 Å². The summed E-state index contributed by atoms with van der Waals surface area (Å²) in [5.74, 6) is 0.855. The summed E-state index contributed by atoms with van der Waals surface area (Å²) < 4.78 is 10.3. The molecule has 21 heavy (non-hydrogen) atoms. The number of halogens is 1. The average molecular weight is 317 g/mol. The van der Waals surface area contributed by atoms with Crippen molar-refractivity contribution >= 4 is 23.3 Å². The maximum atomic E-state index is 11.9. The molecule has 2 amide bonds. The van der Waals surface area contributed by atoms with Crippen LogP contribution in [0.3, 0.4) is 0 Å². The zero-order chi connectivity index (χ0) is 16.0. The van der Waals surface area contributed by atoms with E-state index >= 15 is 0 Å². The lowest BCUT2D eigenvalue weighted by atomic mass is 10.1. The molecule has 2 atom stereocenters. The van der Waals surface area contributed by atoms with Gasteiger partial charge in [0, 0.05) is 18.7 Å². The van der Waals surface area contributed by atoms with Crippen LogP contribution in [0, 0.1) is 5.92 Å². The number of methoxy groups -OCH3 is 2. The van der Waals surface area contributed by atoms with Crippen LogP contribution in [0.2, 0.25) is 5.02 Å². The van der Waals surface area contributed by atoms with Crippen LogP contribution < -0.4 is 20.1 Å². The highest BCUT2D eigenvalue weighted by Crippen LogP contribution is 2.35. The van der Waals surface area contributed by atoms with Crippen molar-refractivity contribution < 1.29 is 19.4 Å². The Hall–Kier alpha value is -1.66. The first-order valence-corrected chi connectivity index (χ1v) is 6.90. The molecule has 118 valence electrons. The third-order valence-electron chi connectivity index (χ3n) is 3.22. The number of amides is 2. The first kappa shape index (κ1) is 17.4. The molecule has 0 fully saturated rings. The summed E-state index contributed by atoms with van der Waals surface area (Å²) in [6, 6.07) is 2.58. The summed E-state index contributed by atoms with van der Waals surface area (Å²) in [6.45, 7) is 3.66. The standard InChI is InChI=1S/C14H21ClN2O4/c1-8(7-18)9(2)16-14(19)17-11-5-10(15)12(20-3)6-13(11)21-4/h5-6,8-9,18H,7H2,1-4H3,(H2,16,17,19). The summed E-state index contributed by atoms with van der Waals surface area (Å²) in [5, 5.41) is 14.8. The molecule has 0 aliphatic heterocycles. The molecular weight excluding hydrogens is 296 g/mol. The Morgan fingerprint density at radius 1 is 1.29 bits per heavy atom. The normalized spacial score (nSPS) is 13.2. The Balaban J connectivity index is 2.82. The molecule has 0 saturated carbocycles. The van der Waals surface area contributed by atoms with Crippen molar-refractivity contribution in [1.29, 1.82) is 0 Å². The number of rotatable bonds is 6. The Bertz CT molecular complexity index is 496. The van der Waals surface area contributed by atoms with E-state index in [9.17, 15) is 4.79 Å². The van der Waals surface area contributed by atoms with Crippen molar-refractivity contribution in [3.8, 4) is 11.5 Å². The quantitative estimate of drug-likeness (QED) is 0.753. The van der Waals surface area contributed by atoms with Gasteiger partial charge in [-0.15, -0.1) is 0 Å². The summed E-state index contributed by atoms with van der Waals surface area (Å²) in [4.78, 5) is 11.9. The molecule has 6 nitrogen and oxygen atoms in total. The van der Waals surface area contributed by atoms with Gasteiger partial charge < -0.3 is 25.2 Å². The third-order valence-corrected chi connectivity index (χ3v) is 3.52. The Labute approximate surface area is 129 Å². The van der Waals surface area contributed by atoms with E-state index in [4.69, 9.17) is 26.2 Å². The first-order valence-electron chi connectivity index (χ1n) is 6.52.